The van der Waals surface area contributed by atoms with Crippen molar-refractivity contribution in [1.82, 2.24) is 4.31 Å². The SMILES string of the molecule is CCOc1ccc(NC(=O)CSCc2ccccc2)cc1S(=O)(=O)N1CCCC1. The Kier molecular flexibility index (Phi) is 7.57. The minimum absolute atomic E-state index is 0.107. The number of carbonyl (C=O) groups is 1. The molecule has 6 nitrogen and oxygen atoms in total. The first-order chi connectivity index (χ1) is 14.0. The Bertz CT molecular complexity index is 927. The van der Waals surface area contributed by atoms with Gasteiger partial charge in [0.2, 0.25) is 15.9 Å². The van der Waals surface area contributed by atoms with Gasteiger partial charge in [0, 0.05) is 24.5 Å². The van der Waals surface area contributed by atoms with E-state index in [1.165, 1.54) is 22.1 Å². The van der Waals surface area contributed by atoms with Crippen LogP contribution in [0.4, 0.5) is 5.69 Å². The van der Waals surface area contributed by atoms with E-state index in [0.717, 1.165) is 24.2 Å². The standard InChI is InChI=1S/C21H26N2O4S2/c1-2-27-19-11-10-18(14-20(19)29(25,26)23-12-6-7-13-23)22-21(24)16-28-15-17-8-4-3-5-9-17/h3-5,8-11,14H,2,6-7,12-13,15-16H2,1H3,(H,22,24). The number of sulfonamides is 1. The Hall–Kier alpha value is -2.03. The highest BCUT2D eigenvalue weighted by Gasteiger charge is 2.30. The molecule has 1 aliphatic heterocycles. The highest BCUT2D eigenvalue weighted by molar-refractivity contribution is 7.99. The van der Waals surface area contributed by atoms with Crippen molar-refractivity contribution < 1.29 is 17.9 Å². The number of hydrogen-bond donors (Lipinski definition) is 1. The lowest BCUT2D eigenvalue weighted by Crippen LogP contribution is -2.28. The maximum Gasteiger partial charge on any atom is 0.246 e. The summed E-state index contributed by atoms with van der Waals surface area (Å²) in [6.45, 7) is 3.21. The molecule has 1 fully saturated rings. The Morgan fingerprint density at radius 1 is 1.14 bits per heavy atom. The second kappa shape index (κ2) is 10.1. The Morgan fingerprint density at radius 2 is 1.86 bits per heavy atom. The van der Waals surface area contributed by atoms with Gasteiger partial charge < -0.3 is 10.1 Å². The summed E-state index contributed by atoms with van der Waals surface area (Å²) in [6, 6.07) is 14.7. The number of ether oxygens (including phenoxy) is 1. The average Bonchev–Trinajstić information content (AvgIpc) is 3.26. The van der Waals surface area contributed by atoms with Crippen molar-refractivity contribution in [3.63, 3.8) is 0 Å². The van der Waals surface area contributed by atoms with Crippen LogP contribution in [0.5, 0.6) is 5.75 Å². The summed E-state index contributed by atoms with van der Waals surface area (Å²) in [5.41, 5.74) is 1.61. The van der Waals surface area contributed by atoms with Crippen LogP contribution >= 0.6 is 11.8 Å². The summed E-state index contributed by atoms with van der Waals surface area (Å²) in [6.07, 6.45) is 1.72. The molecule has 1 N–H and O–H groups in total. The van der Waals surface area contributed by atoms with Gasteiger partial charge >= 0.3 is 0 Å². The molecule has 0 unspecified atom stereocenters. The Morgan fingerprint density at radius 3 is 2.55 bits per heavy atom. The third-order valence-corrected chi connectivity index (χ3v) is 7.48. The normalized spacial score (nSPS) is 14.7. The van der Waals surface area contributed by atoms with Crippen LogP contribution in [0.15, 0.2) is 53.4 Å². The van der Waals surface area contributed by atoms with E-state index < -0.39 is 10.0 Å². The maximum atomic E-state index is 13.0. The van der Waals surface area contributed by atoms with Gasteiger partial charge in [-0.15, -0.1) is 11.8 Å². The predicted octanol–water partition coefficient (Wildman–Crippen LogP) is 3.74. The van der Waals surface area contributed by atoms with E-state index in [9.17, 15) is 13.2 Å². The van der Waals surface area contributed by atoms with Crippen LogP contribution in [-0.4, -0.2) is 44.1 Å². The minimum atomic E-state index is -3.65. The van der Waals surface area contributed by atoms with Crippen molar-refractivity contribution in [2.45, 2.75) is 30.4 Å². The van der Waals surface area contributed by atoms with Crippen LogP contribution in [0.3, 0.4) is 0 Å². The highest BCUT2D eigenvalue weighted by Crippen LogP contribution is 2.31. The zero-order chi connectivity index (χ0) is 20.7. The first-order valence-corrected chi connectivity index (χ1v) is 12.3. The molecule has 0 atom stereocenters. The zero-order valence-electron chi connectivity index (χ0n) is 16.5. The second-order valence-corrected chi connectivity index (χ2v) is 9.62. The molecule has 2 aromatic carbocycles. The van der Waals surface area contributed by atoms with Crippen LogP contribution in [0.1, 0.15) is 25.3 Å². The molecule has 0 aromatic heterocycles. The van der Waals surface area contributed by atoms with Gasteiger partial charge in [0.25, 0.3) is 0 Å². The van der Waals surface area contributed by atoms with Gasteiger partial charge in [-0.25, -0.2) is 8.42 Å². The van der Waals surface area contributed by atoms with E-state index in [1.807, 2.05) is 37.3 Å². The smallest absolute Gasteiger partial charge is 0.246 e. The fraction of sp³-hybridized carbons (Fsp3) is 0.381. The maximum absolute atomic E-state index is 13.0. The third kappa shape index (κ3) is 5.74. The summed E-state index contributed by atoms with van der Waals surface area (Å²) in [5, 5.41) is 2.80. The fourth-order valence-corrected chi connectivity index (χ4v) is 5.62. The molecule has 3 rings (SSSR count). The lowest BCUT2D eigenvalue weighted by atomic mass is 10.2. The van der Waals surface area contributed by atoms with Crippen molar-refractivity contribution in [2.24, 2.45) is 0 Å². The molecule has 0 bridgehead atoms. The van der Waals surface area contributed by atoms with Crippen molar-refractivity contribution >= 4 is 33.4 Å². The Labute approximate surface area is 176 Å². The first-order valence-electron chi connectivity index (χ1n) is 9.69. The molecule has 2 aromatic rings. The number of thioether (sulfide) groups is 1. The van der Waals surface area contributed by atoms with Crippen LogP contribution in [0.25, 0.3) is 0 Å². The number of nitrogens with zero attached hydrogens (tertiary/aromatic N) is 1. The average molecular weight is 435 g/mol. The second-order valence-electron chi connectivity index (χ2n) is 6.73. The van der Waals surface area contributed by atoms with Crippen molar-refractivity contribution in [1.29, 1.82) is 0 Å². The molecule has 8 heteroatoms. The molecule has 1 heterocycles. The molecule has 156 valence electrons. The summed E-state index contributed by atoms with van der Waals surface area (Å²) in [4.78, 5) is 12.4. The number of amides is 1. The Balaban J connectivity index is 1.68. The molecule has 29 heavy (non-hydrogen) atoms. The third-order valence-electron chi connectivity index (χ3n) is 4.55. The first kappa shape index (κ1) is 21.7. The molecule has 0 radical (unpaired) electrons. The van der Waals surface area contributed by atoms with Crippen LogP contribution in [-0.2, 0) is 20.6 Å². The van der Waals surface area contributed by atoms with Crippen molar-refractivity contribution in [3.05, 3.63) is 54.1 Å². The number of carbonyl (C=O) groups excluding carboxylic acids is 1. The van der Waals surface area contributed by atoms with Crippen molar-refractivity contribution in [2.75, 3.05) is 30.8 Å². The fourth-order valence-electron chi connectivity index (χ4n) is 3.16. The van der Waals surface area contributed by atoms with Gasteiger partial charge in [-0.05, 0) is 43.5 Å². The largest absolute Gasteiger partial charge is 0.492 e. The summed E-state index contributed by atoms with van der Waals surface area (Å²) in [7, 11) is -3.65. The van der Waals surface area contributed by atoms with Gasteiger partial charge in [-0.3, -0.25) is 4.79 Å². The van der Waals surface area contributed by atoms with Crippen LogP contribution < -0.4 is 10.1 Å². The van der Waals surface area contributed by atoms with Gasteiger partial charge in [0.1, 0.15) is 10.6 Å². The van der Waals surface area contributed by atoms with E-state index in [2.05, 4.69) is 5.32 Å². The van der Waals surface area contributed by atoms with E-state index in [4.69, 9.17) is 4.74 Å². The van der Waals surface area contributed by atoms with E-state index in [-0.39, 0.29) is 16.6 Å². The summed E-state index contributed by atoms with van der Waals surface area (Å²) in [5.74, 6) is 1.18. The van der Waals surface area contributed by atoms with Crippen molar-refractivity contribution in [3.8, 4) is 5.75 Å². The lowest BCUT2D eigenvalue weighted by molar-refractivity contribution is -0.113. The summed E-state index contributed by atoms with van der Waals surface area (Å²) >= 11 is 1.51. The molecular formula is C21H26N2O4S2. The van der Waals surface area contributed by atoms with Crippen LogP contribution in [0, 0.1) is 0 Å². The highest BCUT2D eigenvalue weighted by atomic mass is 32.2. The lowest BCUT2D eigenvalue weighted by Gasteiger charge is -2.19. The molecule has 1 saturated heterocycles. The molecule has 0 aliphatic carbocycles. The topological polar surface area (TPSA) is 75.7 Å². The van der Waals surface area contributed by atoms with E-state index in [0.29, 0.717) is 31.1 Å². The van der Waals surface area contributed by atoms with Crippen LogP contribution in [0.2, 0.25) is 0 Å². The number of nitrogens with one attached hydrogen (secondary N) is 1. The molecular weight excluding hydrogens is 408 g/mol. The molecule has 0 saturated carbocycles. The quantitative estimate of drug-likeness (QED) is 0.651. The van der Waals surface area contributed by atoms with Gasteiger partial charge in [0.05, 0.1) is 12.4 Å². The minimum Gasteiger partial charge on any atom is -0.492 e. The number of benzene rings is 2. The monoisotopic (exact) mass is 434 g/mol. The molecule has 1 aliphatic rings. The number of anilines is 1. The van der Waals surface area contributed by atoms with Gasteiger partial charge in [-0.2, -0.15) is 4.31 Å². The van der Waals surface area contributed by atoms with E-state index >= 15 is 0 Å². The number of rotatable bonds is 9. The predicted molar refractivity (Wildman–Crippen MR) is 117 cm³/mol. The molecule has 1 amide bonds. The van der Waals surface area contributed by atoms with E-state index in [1.54, 1.807) is 12.1 Å². The van der Waals surface area contributed by atoms with Gasteiger partial charge in [-0.1, -0.05) is 30.3 Å². The number of hydrogen-bond acceptors (Lipinski definition) is 5. The zero-order valence-corrected chi connectivity index (χ0v) is 18.1. The van der Waals surface area contributed by atoms with Gasteiger partial charge in [0.15, 0.2) is 0 Å². The molecule has 0 spiro atoms. The summed E-state index contributed by atoms with van der Waals surface area (Å²) < 4.78 is 33.1.